The molecule has 6 heteroatoms. The van der Waals surface area contributed by atoms with E-state index in [1.807, 2.05) is 0 Å². The highest BCUT2D eigenvalue weighted by Gasteiger charge is 2.37. The molecule has 2 amide bonds. The zero-order valence-electron chi connectivity index (χ0n) is 16.7. The van der Waals surface area contributed by atoms with Crippen LogP contribution in [0.4, 0.5) is 4.79 Å². The average Bonchev–Trinajstić information content (AvgIpc) is 3.19. The molecule has 0 radical (unpaired) electrons. The van der Waals surface area contributed by atoms with Crippen LogP contribution < -0.4 is 10.6 Å². The van der Waals surface area contributed by atoms with Crippen LogP contribution in [0.3, 0.4) is 0 Å². The summed E-state index contributed by atoms with van der Waals surface area (Å²) in [7, 11) is 0. The lowest BCUT2D eigenvalue weighted by Gasteiger charge is -2.43. The number of amides is 2. The first-order chi connectivity index (χ1) is 13.2. The van der Waals surface area contributed by atoms with E-state index in [1.54, 1.807) is 0 Å². The summed E-state index contributed by atoms with van der Waals surface area (Å²) in [4.78, 5) is 15.0. The minimum atomic E-state index is 0.0468. The van der Waals surface area contributed by atoms with Gasteiger partial charge in [-0.15, -0.1) is 0 Å². The molecular formula is C21H37N3O3. The van der Waals surface area contributed by atoms with Crippen LogP contribution in [0.25, 0.3) is 0 Å². The van der Waals surface area contributed by atoms with Crippen LogP contribution in [-0.2, 0) is 9.47 Å². The van der Waals surface area contributed by atoms with Crippen molar-refractivity contribution in [1.82, 2.24) is 15.5 Å². The Morgan fingerprint density at radius 3 is 2.15 bits per heavy atom. The summed E-state index contributed by atoms with van der Waals surface area (Å²) in [6, 6.07) is 0.720. The van der Waals surface area contributed by atoms with Crippen LogP contribution in [-0.4, -0.2) is 69.1 Å². The second-order valence-corrected chi connectivity index (χ2v) is 9.31. The van der Waals surface area contributed by atoms with Gasteiger partial charge in [0.2, 0.25) is 0 Å². The van der Waals surface area contributed by atoms with Gasteiger partial charge in [0, 0.05) is 51.5 Å². The molecule has 27 heavy (non-hydrogen) atoms. The van der Waals surface area contributed by atoms with Gasteiger partial charge in [-0.25, -0.2) is 4.79 Å². The number of carbonyl (C=O) groups excluding carboxylic acids is 1. The Kier molecular flexibility index (Phi) is 6.56. The molecule has 0 bridgehead atoms. The number of piperidine rings is 1. The second-order valence-electron chi connectivity index (χ2n) is 9.31. The van der Waals surface area contributed by atoms with Crippen molar-refractivity contribution >= 4 is 6.03 Å². The van der Waals surface area contributed by atoms with Crippen molar-refractivity contribution in [1.29, 1.82) is 0 Å². The second kappa shape index (κ2) is 9.10. The van der Waals surface area contributed by atoms with Crippen molar-refractivity contribution in [2.75, 3.05) is 46.1 Å². The van der Waals surface area contributed by atoms with Crippen LogP contribution in [0.1, 0.15) is 57.8 Å². The number of likely N-dealkylation sites (tertiary alicyclic amines) is 1. The number of hydrogen-bond acceptors (Lipinski definition) is 4. The van der Waals surface area contributed by atoms with Gasteiger partial charge in [-0.1, -0.05) is 0 Å². The number of urea groups is 1. The molecule has 1 saturated carbocycles. The number of rotatable bonds is 4. The maximum absolute atomic E-state index is 12.4. The van der Waals surface area contributed by atoms with E-state index < -0.39 is 0 Å². The molecule has 154 valence electrons. The number of nitrogens with one attached hydrogen (secondary N) is 2. The molecule has 4 fully saturated rings. The van der Waals surface area contributed by atoms with Crippen molar-refractivity contribution in [2.45, 2.75) is 69.9 Å². The summed E-state index contributed by atoms with van der Waals surface area (Å²) in [6.07, 6.45) is 10.5. The van der Waals surface area contributed by atoms with Crippen molar-refractivity contribution in [3.8, 4) is 0 Å². The topological polar surface area (TPSA) is 62.8 Å². The summed E-state index contributed by atoms with van der Waals surface area (Å²) in [6.45, 7) is 7.05. The average molecular weight is 380 g/mol. The lowest BCUT2D eigenvalue weighted by Crippen LogP contribution is -2.51. The highest BCUT2D eigenvalue weighted by molar-refractivity contribution is 5.74. The van der Waals surface area contributed by atoms with Crippen molar-refractivity contribution < 1.29 is 14.3 Å². The molecule has 6 nitrogen and oxygen atoms in total. The smallest absolute Gasteiger partial charge is 0.315 e. The van der Waals surface area contributed by atoms with Gasteiger partial charge in [-0.05, 0) is 69.1 Å². The summed E-state index contributed by atoms with van der Waals surface area (Å²) in [5.74, 6) is 0.711. The van der Waals surface area contributed by atoms with Gasteiger partial charge in [0.25, 0.3) is 0 Å². The molecule has 2 N–H and O–H groups in total. The Morgan fingerprint density at radius 2 is 1.52 bits per heavy atom. The van der Waals surface area contributed by atoms with Gasteiger partial charge in [0.1, 0.15) is 0 Å². The molecule has 1 unspecified atom stereocenters. The van der Waals surface area contributed by atoms with Crippen LogP contribution >= 0.6 is 0 Å². The van der Waals surface area contributed by atoms with E-state index in [4.69, 9.17) is 9.47 Å². The van der Waals surface area contributed by atoms with Gasteiger partial charge in [0.05, 0.1) is 6.61 Å². The minimum Gasteiger partial charge on any atom is -0.381 e. The van der Waals surface area contributed by atoms with Crippen LogP contribution in [0, 0.1) is 11.3 Å². The monoisotopic (exact) mass is 379 g/mol. The zero-order chi connectivity index (χ0) is 18.5. The van der Waals surface area contributed by atoms with E-state index in [9.17, 15) is 4.79 Å². The molecule has 3 heterocycles. The Balaban J connectivity index is 1.12. The number of nitrogens with zero attached hydrogens (tertiary/aromatic N) is 1. The van der Waals surface area contributed by atoms with Gasteiger partial charge < -0.3 is 25.0 Å². The van der Waals surface area contributed by atoms with Crippen molar-refractivity contribution in [3.63, 3.8) is 0 Å². The molecule has 4 aliphatic rings. The van der Waals surface area contributed by atoms with Gasteiger partial charge in [-0.3, -0.25) is 0 Å². The number of ether oxygens (including phenoxy) is 2. The maximum atomic E-state index is 12.4. The maximum Gasteiger partial charge on any atom is 0.315 e. The first-order valence-electron chi connectivity index (χ1n) is 11.2. The normalized spacial score (nSPS) is 30.4. The Hall–Kier alpha value is -0.850. The molecular weight excluding hydrogens is 342 g/mol. The van der Waals surface area contributed by atoms with Crippen LogP contribution in [0.15, 0.2) is 0 Å². The van der Waals surface area contributed by atoms with Gasteiger partial charge >= 0.3 is 6.03 Å². The zero-order valence-corrected chi connectivity index (χ0v) is 16.7. The Morgan fingerprint density at radius 1 is 0.852 bits per heavy atom. The molecule has 1 spiro atoms. The lowest BCUT2D eigenvalue weighted by molar-refractivity contribution is -0.00863. The van der Waals surface area contributed by atoms with Crippen LogP contribution in [0.5, 0.6) is 0 Å². The lowest BCUT2D eigenvalue weighted by atomic mass is 9.68. The highest BCUT2D eigenvalue weighted by atomic mass is 16.5. The first kappa shape index (κ1) is 19.5. The molecule has 0 aromatic rings. The summed E-state index contributed by atoms with van der Waals surface area (Å²) >= 11 is 0. The third-order valence-corrected chi connectivity index (χ3v) is 7.40. The number of hydrogen-bond donors (Lipinski definition) is 2. The molecule has 0 aromatic heterocycles. The van der Waals surface area contributed by atoms with E-state index in [0.717, 1.165) is 71.7 Å². The quantitative estimate of drug-likeness (QED) is 0.788. The van der Waals surface area contributed by atoms with Gasteiger partial charge in [-0.2, -0.15) is 0 Å². The fraction of sp³-hybridized carbons (Fsp3) is 0.952. The highest BCUT2D eigenvalue weighted by Crippen LogP contribution is 2.44. The summed E-state index contributed by atoms with van der Waals surface area (Å²) < 4.78 is 11.0. The summed E-state index contributed by atoms with van der Waals surface area (Å²) in [5.41, 5.74) is 0.504. The molecule has 0 aromatic carbocycles. The van der Waals surface area contributed by atoms with E-state index in [2.05, 4.69) is 15.5 Å². The predicted octanol–water partition coefficient (Wildman–Crippen LogP) is 2.53. The summed E-state index contributed by atoms with van der Waals surface area (Å²) in [5, 5.41) is 6.48. The standard InChI is InChI=1S/C21H37N3O3/c25-20(22-18-1-6-21(7-2-18)8-13-26-14-9-21)23-19-3-10-24(11-4-19)15-17-5-12-27-16-17/h17-19H,1-16H2,(H2,22,23,25). The minimum absolute atomic E-state index is 0.0468. The largest absolute Gasteiger partial charge is 0.381 e. The fourth-order valence-corrected chi connectivity index (χ4v) is 5.44. The third kappa shape index (κ3) is 5.36. The van der Waals surface area contributed by atoms with Crippen molar-refractivity contribution in [3.05, 3.63) is 0 Å². The predicted molar refractivity (Wildman–Crippen MR) is 105 cm³/mol. The van der Waals surface area contributed by atoms with E-state index >= 15 is 0 Å². The molecule has 1 aliphatic carbocycles. The van der Waals surface area contributed by atoms with Crippen molar-refractivity contribution in [2.24, 2.45) is 11.3 Å². The Bertz CT molecular complexity index is 471. The third-order valence-electron chi connectivity index (χ3n) is 7.40. The first-order valence-corrected chi connectivity index (χ1v) is 11.2. The van der Waals surface area contributed by atoms with E-state index in [0.29, 0.717) is 23.4 Å². The molecule has 4 rings (SSSR count). The fourth-order valence-electron chi connectivity index (χ4n) is 5.44. The van der Waals surface area contributed by atoms with Gasteiger partial charge in [0.15, 0.2) is 0 Å². The van der Waals surface area contributed by atoms with E-state index in [1.165, 1.54) is 32.1 Å². The SMILES string of the molecule is O=C(NC1CCN(CC2CCOC2)CC1)NC1CCC2(CCOCC2)CC1. The van der Waals surface area contributed by atoms with E-state index in [-0.39, 0.29) is 6.03 Å². The molecule has 3 saturated heterocycles. The van der Waals surface area contributed by atoms with Crippen LogP contribution in [0.2, 0.25) is 0 Å². The number of carbonyl (C=O) groups is 1. The molecule has 3 aliphatic heterocycles. The molecule has 1 atom stereocenters. The Labute approximate surface area is 163 Å².